The number of imidazole rings is 1. The minimum Gasteiger partial charge on any atom is -0.331 e. The van der Waals surface area contributed by atoms with Crippen molar-refractivity contribution in [1.82, 2.24) is 15.0 Å². The number of benzene rings is 1. The van der Waals surface area contributed by atoms with Crippen LogP contribution in [0.2, 0.25) is 5.02 Å². The number of hydrogen-bond acceptors (Lipinski definition) is 3. The van der Waals surface area contributed by atoms with E-state index in [-0.39, 0.29) is 0 Å². The number of nitrogens with one attached hydrogen (secondary N) is 1. The molecule has 0 saturated heterocycles. The Morgan fingerprint density at radius 2 is 2.10 bits per heavy atom. The van der Waals surface area contributed by atoms with Crippen molar-refractivity contribution < 1.29 is 4.21 Å². The number of para-hydroxylation sites is 2. The SMILES string of the molecule is Cc1c(Cl)ccnc1C[S@](=O)c1nc2ccccc2[nH]1. The summed E-state index contributed by atoms with van der Waals surface area (Å²) in [5.74, 6) is 0.298. The normalized spacial score (nSPS) is 12.7. The topological polar surface area (TPSA) is 58.6 Å². The Bertz CT molecular complexity index is 767. The molecule has 0 aliphatic carbocycles. The molecule has 2 aromatic heterocycles. The highest BCUT2D eigenvalue weighted by molar-refractivity contribution is 7.84. The number of nitrogens with zero attached hydrogens (tertiary/aromatic N) is 2. The van der Waals surface area contributed by atoms with Crippen molar-refractivity contribution >= 4 is 33.4 Å². The maximum atomic E-state index is 12.4. The van der Waals surface area contributed by atoms with Gasteiger partial charge in [0.25, 0.3) is 0 Å². The second kappa shape index (κ2) is 5.34. The molecule has 0 amide bonds. The predicted molar refractivity (Wildman–Crippen MR) is 80.2 cm³/mol. The van der Waals surface area contributed by atoms with E-state index in [1.807, 2.05) is 31.2 Å². The summed E-state index contributed by atoms with van der Waals surface area (Å²) in [7, 11) is -1.27. The molecule has 1 aromatic carbocycles. The molecule has 102 valence electrons. The number of aromatic amines is 1. The van der Waals surface area contributed by atoms with E-state index in [9.17, 15) is 4.21 Å². The van der Waals surface area contributed by atoms with Crippen molar-refractivity contribution in [1.29, 1.82) is 0 Å². The van der Waals surface area contributed by atoms with Crippen molar-refractivity contribution in [2.45, 2.75) is 17.8 Å². The lowest BCUT2D eigenvalue weighted by molar-refractivity contribution is 0.676. The summed E-state index contributed by atoms with van der Waals surface area (Å²) >= 11 is 6.05. The van der Waals surface area contributed by atoms with Gasteiger partial charge >= 0.3 is 0 Å². The third kappa shape index (κ3) is 2.46. The van der Waals surface area contributed by atoms with Gasteiger partial charge in [-0.15, -0.1) is 0 Å². The number of rotatable bonds is 3. The van der Waals surface area contributed by atoms with Gasteiger partial charge in [0, 0.05) is 11.2 Å². The first-order valence-corrected chi connectivity index (χ1v) is 7.78. The first-order chi connectivity index (χ1) is 9.65. The molecule has 0 spiro atoms. The summed E-state index contributed by atoms with van der Waals surface area (Å²) in [5, 5.41) is 1.10. The van der Waals surface area contributed by atoms with Gasteiger partial charge in [-0.1, -0.05) is 23.7 Å². The van der Waals surface area contributed by atoms with Gasteiger partial charge in [0.1, 0.15) is 0 Å². The van der Waals surface area contributed by atoms with E-state index < -0.39 is 10.8 Å². The molecule has 0 aliphatic rings. The molecule has 0 radical (unpaired) electrons. The number of aromatic nitrogens is 3. The average molecular weight is 306 g/mol. The summed E-state index contributed by atoms with van der Waals surface area (Å²) in [4.78, 5) is 11.7. The quantitative estimate of drug-likeness (QED) is 0.808. The number of pyridine rings is 1. The fourth-order valence-electron chi connectivity index (χ4n) is 1.93. The first kappa shape index (κ1) is 13.3. The zero-order chi connectivity index (χ0) is 14.1. The van der Waals surface area contributed by atoms with Crippen molar-refractivity contribution in [2.75, 3.05) is 0 Å². The highest BCUT2D eigenvalue weighted by Gasteiger charge is 2.13. The van der Waals surface area contributed by atoms with E-state index in [4.69, 9.17) is 11.6 Å². The summed E-state index contributed by atoms with van der Waals surface area (Å²) in [6.45, 7) is 1.88. The van der Waals surface area contributed by atoms with Crippen LogP contribution in [0.4, 0.5) is 0 Å². The molecule has 3 rings (SSSR count). The van der Waals surface area contributed by atoms with Crippen molar-refractivity contribution in [3.8, 4) is 0 Å². The fourth-order valence-corrected chi connectivity index (χ4v) is 3.19. The number of H-pyrrole nitrogens is 1. The van der Waals surface area contributed by atoms with Crippen LogP contribution in [0.5, 0.6) is 0 Å². The van der Waals surface area contributed by atoms with Gasteiger partial charge in [-0.2, -0.15) is 0 Å². The largest absolute Gasteiger partial charge is 0.331 e. The van der Waals surface area contributed by atoms with E-state index in [1.54, 1.807) is 12.3 Å². The number of hydrogen-bond donors (Lipinski definition) is 1. The smallest absolute Gasteiger partial charge is 0.197 e. The van der Waals surface area contributed by atoms with Crippen LogP contribution < -0.4 is 0 Å². The zero-order valence-electron chi connectivity index (χ0n) is 10.8. The third-order valence-electron chi connectivity index (χ3n) is 3.09. The minimum atomic E-state index is -1.27. The molecule has 1 atom stereocenters. The van der Waals surface area contributed by atoms with Gasteiger partial charge < -0.3 is 4.98 Å². The Morgan fingerprint density at radius 1 is 1.30 bits per heavy atom. The fraction of sp³-hybridized carbons (Fsp3) is 0.143. The molecular weight excluding hydrogens is 294 g/mol. The van der Waals surface area contributed by atoms with Crippen LogP contribution in [0.25, 0.3) is 11.0 Å². The molecule has 0 saturated carbocycles. The second-order valence-electron chi connectivity index (χ2n) is 4.41. The van der Waals surface area contributed by atoms with Gasteiger partial charge in [-0.3, -0.25) is 9.19 Å². The number of halogens is 1. The lowest BCUT2D eigenvalue weighted by Crippen LogP contribution is -2.02. The monoisotopic (exact) mass is 305 g/mol. The van der Waals surface area contributed by atoms with E-state index >= 15 is 0 Å². The van der Waals surface area contributed by atoms with E-state index in [1.165, 1.54) is 0 Å². The second-order valence-corrected chi connectivity index (χ2v) is 6.19. The molecule has 0 fully saturated rings. The molecule has 6 heteroatoms. The van der Waals surface area contributed by atoms with Crippen LogP contribution in [0.15, 0.2) is 41.7 Å². The van der Waals surface area contributed by atoms with Gasteiger partial charge in [-0.25, -0.2) is 4.98 Å². The molecule has 2 heterocycles. The molecule has 0 aliphatic heterocycles. The summed E-state index contributed by atoms with van der Waals surface area (Å²) in [6, 6.07) is 9.33. The molecule has 20 heavy (non-hydrogen) atoms. The molecule has 1 N–H and O–H groups in total. The number of fused-ring (bicyclic) bond motifs is 1. The van der Waals surface area contributed by atoms with E-state index in [0.717, 1.165) is 22.3 Å². The van der Waals surface area contributed by atoms with E-state index in [2.05, 4.69) is 15.0 Å². The van der Waals surface area contributed by atoms with Crippen LogP contribution in [-0.4, -0.2) is 19.2 Å². The maximum absolute atomic E-state index is 12.4. The van der Waals surface area contributed by atoms with Crippen molar-refractivity contribution in [3.63, 3.8) is 0 Å². The Kier molecular flexibility index (Phi) is 3.54. The molecular formula is C14H12ClN3OS. The predicted octanol–water partition coefficient (Wildman–Crippen LogP) is 3.23. The molecule has 3 aromatic rings. The van der Waals surface area contributed by atoms with E-state index in [0.29, 0.717) is 15.9 Å². The lowest BCUT2D eigenvalue weighted by Gasteiger charge is -2.04. The lowest BCUT2D eigenvalue weighted by atomic mass is 10.2. The van der Waals surface area contributed by atoms with Crippen LogP contribution in [0.1, 0.15) is 11.3 Å². The highest BCUT2D eigenvalue weighted by atomic mass is 35.5. The maximum Gasteiger partial charge on any atom is 0.197 e. The minimum absolute atomic E-state index is 0.298. The van der Waals surface area contributed by atoms with Crippen LogP contribution >= 0.6 is 11.6 Å². The van der Waals surface area contributed by atoms with Crippen molar-refractivity contribution in [2.24, 2.45) is 0 Å². The molecule has 0 bridgehead atoms. The Morgan fingerprint density at radius 3 is 2.90 bits per heavy atom. The van der Waals surface area contributed by atoms with Gasteiger partial charge in [0.2, 0.25) is 0 Å². The Balaban J connectivity index is 1.91. The summed E-state index contributed by atoms with van der Waals surface area (Å²) in [5.41, 5.74) is 3.29. The Hall–Kier alpha value is -1.72. The van der Waals surface area contributed by atoms with Crippen molar-refractivity contribution in [3.05, 3.63) is 52.8 Å². The van der Waals surface area contributed by atoms with Gasteiger partial charge in [0.05, 0.1) is 33.3 Å². The Labute approximate surface area is 123 Å². The van der Waals surface area contributed by atoms with Gasteiger partial charge in [0.15, 0.2) is 5.16 Å². The summed E-state index contributed by atoms with van der Waals surface area (Å²) < 4.78 is 12.4. The first-order valence-electron chi connectivity index (χ1n) is 6.08. The standard InChI is InChI=1S/C14H12ClN3OS/c1-9-10(15)6-7-16-13(9)8-20(19)14-17-11-4-2-3-5-12(11)18-14/h2-7H,8H2,1H3,(H,17,18)/t20-/m0/s1. The summed E-state index contributed by atoms with van der Waals surface area (Å²) in [6.07, 6.45) is 1.63. The average Bonchev–Trinajstić information content (AvgIpc) is 2.88. The molecule has 4 nitrogen and oxygen atoms in total. The zero-order valence-corrected chi connectivity index (χ0v) is 12.3. The highest BCUT2D eigenvalue weighted by Crippen LogP contribution is 2.20. The molecule has 0 unspecified atom stereocenters. The van der Waals surface area contributed by atoms with Gasteiger partial charge in [-0.05, 0) is 30.7 Å². The van der Waals surface area contributed by atoms with Crippen LogP contribution in [0.3, 0.4) is 0 Å². The van der Waals surface area contributed by atoms with Crippen LogP contribution in [-0.2, 0) is 16.6 Å². The third-order valence-corrected chi connectivity index (χ3v) is 4.66. The van der Waals surface area contributed by atoms with Crippen LogP contribution in [0, 0.1) is 6.92 Å².